The zero-order valence-electron chi connectivity index (χ0n) is 11.5. The number of hydrogen-bond acceptors (Lipinski definition) is 4. The van der Waals surface area contributed by atoms with Crippen molar-refractivity contribution in [3.8, 4) is 0 Å². The van der Waals surface area contributed by atoms with Crippen molar-refractivity contribution in [3.63, 3.8) is 0 Å². The van der Waals surface area contributed by atoms with Gasteiger partial charge in [-0.05, 0) is 26.8 Å². The molecule has 0 aliphatic heterocycles. The highest BCUT2D eigenvalue weighted by Gasteiger charge is 2.24. The minimum absolute atomic E-state index is 0.0717. The van der Waals surface area contributed by atoms with Crippen LogP contribution in [0.4, 0.5) is 0 Å². The number of nitrogens with one attached hydrogen (secondary N) is 1. The lowest BCUT2D eigenvalue weighted by Gasteiger charge is -2.19. The average Bonchev–Trinajstić information content (AvgIpc) is 2.98. The van der Waals surface area contributed by atoms with Crippen LogP contribution in [-0.4, -0.2) is 21.3 Å². The van der Waals surface area contributed by atoms with Crippen LogP contribution in [0, 0.1) is 6.92 Å². The molecule has 2 aromatic heterocycles. The summed E-state index contributed by atoms with van der Waals surface area (Å²) in [5.74, 6) is 0. The number of thiazole rings is 1. The lowest BCUT2D eigenvalue weighted by atomic mass is 10.1. The molecule has 1 atom stereocenters. The standard InChI is InChI=1S/C13H19ClN4S/c1-4-6-15-11(13-9(3)16-8-19-13)12-10(14)7-17-18(12)5-2/h7-8,11,15H,4-6H2,1-3H3. The van der Waals surface area contributed by atoms with Crippen LogP contribution in [0.3, 0.4) is 0 Å². The summed E-state index contributed by atoms with van der Waals surface area (Å²) < 4.78 is 1.95. The van der Waals surface area contributed by atoms with Gasteiger partial charge in [0, 0.05) is 6.54 Å². The second kappa shape index (κ2) is 6.50. The second-order valence-electron chi connectivity index (χ2n) is 4.38. The molecule has 0 aliphatic carbocycles. The Morgan fingerprint density at radius 2 is 2.26 bits per heavy atom. The lowest BCUT2D eigenvalue weighted by molar-refractivity contribution is 0.533. The molecular weight excluding hydrogens is 280 g/mol. The molecule has 0 aromatic carbocycles. The molecule has 104 valence electrons. The first-order valence-electron chi connectivity index (χ1n) is 6.53. The topological polar surface area (TPSA) is 42.7 Å². The number of aryl methyl sites for hydroxylation is 2. The molecule has 0 saturated carbocycles. The van der Waals surface area contributed by atoms with Crippen LogP contribution < -0.4 is 5.32 Å². The van der Waals surface area contributed by atoms with Crippen molar-refractivity contribution in [1.82, 2.24) is 20.1 Å². The molecule has 0 spiro atoms. The van der Waals surface area contributed by atoms with Crippen molar-refractivity contribution in [2.75, 3.05) is 6.54 Å². The molecule has 0 fully saturated rings. The fourth-order valence-electron chi connectivity index (χ4n) is 2.10. The van der Waals surface area contributed by atoms with Gasteiger partial charge in [0.25, 0.3) is 0 Å². The summed E-state index contributed by atoms with van der Waals surface area (Å²) in [7, 11) is 0. The molecule has 2 aromatic rings. The fourth-order valence-corrected chi connectivity index (χ4v) is 3.23. The minimum atomic E-state index is 0.0717. The van der Waals surface area contributed by atoms with Crippen molar-refractivity contribution in [1.29, 1.82) is 0 Å². The van der Waals surface area contributed by atoms with Gasteiger partial charge in [-0.15, -0.1) is 11.3 Å². The predicted molar refractivity (Wildman–Crippen MR) is 79.9 cm³/mol. The van der Waals surface area contributed by atoms with E-state index in [4.69, 9.17) is 11.6 Å². The van der Waals surface area contributed by atoms with Crippen LogP contribution in [0.2, 0.25) is 5.02 Å². The fraction of sp³-hybridized carbons (Fsp3) is 0.538. The van der Waals surface area contributed by atoms with E-state index in [9.17, 15) is 0 Å². The summed E-state index contributed by atoms with van der Waals surface area (Å²) in [6.45, 7) is 8.01. The highest BCUT2D eigenvalue weighted by atomic mass is 35.5. The Bertz CT molecular complexity index is 534. The van der Waals surface area contributed by atoms with E-state index < -0.39 is 0 Å². The van der Waals surface area contributed by atoms with E-state index in [0.717, 1.165) is 30.9 Å². The Balaban J connectivity index is 2.42. The van der Waals surface area contributed by atoms with Gasteiger partial charge in [-0.1, -0.05) is 18.5 Å². The Morgan fingerprint density at radius 3 is 2.84 bits per heavy atom. The van der Waals surface area contributed by atoms with Crippen LogP contribution >= 0.6 is 22.9 Å². The summed E-state index contributed by atoms with van der Waals surface area (Å²) in [4.78, 5) is 5.56. The van der Waals surface area contributed by atoms with Gasteiger partial charge in [0.1, 0.15) is 0 Å². The summed E-state index contributed by atoms with van der Waals surface area (Å²) in [6.07, 6.45) is 2.80. The Morgan fingerprint density at radius 1 is 1.47 bits per heavy atom. The van der Waals surface area contributed by atoms with Crippen molar-refractivity contribution >= 4 is 22.9 Å². The summed E-state index contributed by atoms with van der Waals surface area (Å²) >= 11 is 7.99. The van der Waals surface area contributed by atoms with Crippen molar-refractivity contribution in [2.24, 2.45) is 0 Å². The number of hydrogen-bond donors (Lipinski definition) is 1. The van der Waals surface area contributed by atoms with E-state index in [0.29, 0.717) is 5.02 Å². The normalized spacial score (nSPS) is 12.8. The van der Waals surface area contributed by atoms with Gasteiger partial charge in [0.2, 0.25) is 0 Å². The maximum absolute atomic E-state index is 6.33. The van der Waals surface area contributed by atoms with Gasteiger partial charge in [-0.25, -0.2) is 4.98 Å². The van der Waals surface area contributed by atoms with Crippen molar-refractivity contribution < 1.29 is 0 Å². The van der Waals surface area contributed by atoms with Crippen LogP contribution in [0.25, 0.3) is 0 Å². The van der Waals surface area contributed by atoms with E-state index in [-0.39, 0.29) is 6.04 Å². The van der Waals surface area contributed by atoms with Crippen molar-refractivity contribution in [3.05, 3.63) is 33.0 Å². The third-order valence-electron chi connectivity index (χ3n) is 3.05. The number of halogens is 1. The van der Waals surface area contributed by atoms with Gasteiger partial charge in [-0.2, -0.15) is 5.10 Å². The van der Waals surface area contributed by atoms with Crippen LogP contribution in [0.1, 0.15) is 42.6 Å². The van der Waals surface area contributed by atoms with Gasteiger partial charge < -0.3 is 5.32 Å². The Kier molecular flexibility index (Phi) is 4.96. The third-order valence-corrected chi connectivity index (χ3v) is 4.34. The molecule has 1 N–H and O–H groups in total. The maximum Gasteiger partial charge on any atom is 0.0876 e. The van der Waals surface area contributed by atoms with Gasteiger partial charge in [0.05, 0.1) is 39.0 Å². The smallest absolute Gasteiger partial charge is 0.0876 e. The third kappa shape index (κ3) is 2.99. The predicted octanol–water partition coefficient (Wildman–Crippen LogP) is 3.41. The average molecular weight is 299 g/mol. The highest BCUT2D eigenvalue weighted by molar-refractivity contribution is 7.09. The van der Waals surface area contributed by atoms with Crippen LogP contribution in [0.15, 0.2) is 11.7 Å². The molecule has 0 saturated heterocycles. The van der Waals surface area contributed by atoms with Gasteiger partial charge in [0.15, 0.2) is 0 Å². The second-order valence-corrected chi connectivity index (χ2v) is 5.68. The molecule has 6 heteroatoms. The zero-order chi connectivity index (χ0) is 13.8. The number of rotatable bonds is 6. The lowest BCUT2D eigenvalue weighted by Crippen LogP contribution is -2.26. The highest BCUT2D eigenvalue weighted by Crippen LogP contribution is 2.32. The first kappa shape index (κ1) is 14.5. The van der Waals surface area contributed by atoms with Crippen LogP contribution in [-0.2, 0) is 6.54 Å². The maximum atomic E-state index is 6.33. The number of aromatic nitrogens is 3. The van der Waals surface area contributed by atoms with Crippen molar-refractivity contribution in [2.45, 2.75) is 39.8 Å². The summed E-state index contributed by atoms with van der Waals surface area (Å²) in [5.41, 5.74) is 3.97. The van der Waals surface area contributed by atoms with E-state index in [1.165, 1.54) is 4.88 Å². The first-order chi connectivity index (χ1) is 9.19. The Labute approximate surface area is 122 Å². The van der Waals surface area contributed by atoms with Gasteiger partial charge >= 0.3 is 0 Å². The van der Waals surface area contributed by atoms with E-state index in [1.807, 2.05) is 17.1 Å². The molecule has 2 rings (SSSR count). The van der Waals surface area contributed by atoms with E-state index in [1.54, 1.807) is 17.5 Å². The molecule has 2 heterocycles. The quantitative estimate of drug-likeness (QED) is 0.888. The molecule has 0 amide bonds. The molecule has 4 nitrogen and oxygen atoms in total. The molecule has 0 bridgehead atoms. The molecule has 1 unspecified atom stereocenters. The number of nitrogens with zero attached hydrogens (tertiary/aromatic N) is 3. The van der Waals surface area contributed by atoms with Gasteiger partial charge in [-0.3, -0.25) is 4.68 Å². The van der Waals surface area contributed by atoms with E-state index in [2.05, 4.69) is 29.2 Å². The monoisotopic (exact) mass is 298 g/mol. The minimum Gasteiger partial charge on any atom is -0.304 e. The van der Waals surface area contributed by atoms with E-state index >= 15 is 0 Å². The molecule has 0 radical (unpaired) electrons. The first-order valence-corrected chi connectivity index (χ1v) is 7.79. The molecule has 0 aliphatic rings. The summed E-state index contributed by atoms with van der Waals surface area (Å²) in [5, 5.41) is 8.60. The summed E-state index contributed by atoms with van der Waals surface area (Å²) in [6, 6.07) is 0.0717. The Hall–Kier alpha value is -0.910. The zero-order valence-corrected chi connectivity index (χ0v) is 13.1. The van der Waals surface area contributed by atoms with Crippen LogP contribution in [0.5, 0.6) is 0 Å². The molecular formula is C13H19ClN4S. The molecule has 19 heavy (non-hydrogen) atoms. The largest absolute Gasteiger partial charge is 0.304 e. The SMILES string of the molecule is CCCNC(c1scnc1C)c1c(Cl)cnn1CC.